The van der Waals surface area contributed by atoms with E-state index in [9.17, 15) is 0 Å². The van der Waals surface area contributed by atoms with Crippen LogP contribution in [0.25, 0.3) is 11.4 Å². The zero-order chi connectivity index (χ0) is 17.2. The summed E-state index contributed by atoms with van der Waals surface area (Å²) in [5.41, 5.74) is 2.06. The minimum Gasteiger partial charge on any atom is -0.339 e. The van der Waals surface area contributed by atoms with Gasteiger partial charge in [-0.1, -0.05) is 34.4 Å². The van der Waals surface area contributed by atoms with Crippen molar-refractivity contribution in [3.05, 3.63) is 64.2 Å². The molecule has 0 amide bonds. The topological polar surface area (TPSA) is 55.1 Å². The summed E-state index contributed by atoms with van der Waals surface area (Å²) >= 11 is 12.1. The predicted molar refractivity (Wildman–Crippen MR) is 96.6 cm³/mol. The summed E-state index contributed by atoms with van der Waals surface area (Å²) < 4.78 is 5.49. The summed E-state index contributed by atoms with van der Waals surface area (Å²) in [6.45, 7) is 2.70. The van der Waals surface area contributed by atoms with Crippen molar-refractivity contribution in [2.75, 3.05) is 13.1 Å². The first-order chi connectivity index (χ1) is 12.2. The normalized spacial score (nSPS) is 17.9. The third-order valence-corrected chi connectivity index (χ3v) is 5.13. The average Bonchev–Trinajstić information content (AvgIpc) is 3.28. The fourth-order valence-electron chi connectivity index (χ4n) is 3.09. The lowest BCUT2D eigenvalue weighted by atomic mass is 10.1. The van der Waals surface area contributed by atoms with Gasteiger partial charge in [0.2, 0.25) is 11.7 Å². The van der Waals surface area contributed by atoms with Crippen LogP contribution in [0.2, 0.25) is 10.0 Å². The lowest BCUT2D eigenvalue weighted by Crippen LogP contribution is -2.19. The standard InChI is InChI=1S/C18H16Cl2N4O/c19-15-2-1-12(9-16(15)20)10-24-8-5-14(11-24)18-22-17(23-25-18)13-3-6-21-7-4-13/h1-4,6-7,9,14H,5,8,10-11H2/t14-/m1/s1. The van der Waals surface area contributed by atoms with E-state index in [1.54, 1.807) is 12.4 Å². The zero-order valence-corrected chi connectivity index (χ0v) is 14.9. The SMILES string of the molecule is Clc1ccc(CN2CC[C@@H](c3nc(-c4ccncc4)no3)C2)cc1Cl. The second-order valence-electron chi connectivity index (χ2n) is 6.16. The quantitative estimate of drug-likeness (QED) is 0.675. The van der Waals surface area contributed by atoms with Gasteiger partial charge in [0.1, 0.15) is 0 Å². The third-order valence-electron chi connectivity index (χ3n) is 4.39. The van der Waals surface area contributed by atoms with Crippen LogP contribution in [0.3, 0.4) is 0 Å². The number of pyridine rings is 1. The van der Waals surface area contributed by atoms with Gasteiger partial charge in [-0.15, -0.1) is 0 Å². The molecule has 4 rings (SSSR count). The molecule has 0 saturated carbocycles. The van der Waals surface area contributed by atoms with Crippen LogP contribution in [0.1, 0.15) is 23.8 Å². The highest BCUT2D eigenvalue weighted by Crippen LogP contribution is 2.29. The van der Waals surface area contributed by atoms with E-state index in [2.05, 4.69) is 20.0 Å². The van der Waals surface area contributed by atoms with E-state index in [4.69, 9.17) is 27.7 Å². The molecule has 1 saturated heterocycles. The van der Waals surface area contributed by atoms with Gasteiger partial charge in [-0.2, -0.15) is 4.98 Å². The Morgan fingerprint density at radius 3 is 2.76 bits per heavy atom. The van der Waals surface area contributed by atoms with Crippen LogP contribution in [-0.4, -0.2) is 33.1 Å². The summed E-state index contributed by atoms with van der Waals surface area (Å²) in [5, 5.41) is 5.27. The van der Waals surface area contributed by atoms with E-state index < -0.39 is 0 Å². The van der Waals surface area contributed by atoms with Gasteiger partial charge in [-0.3, -0.25) is 9.88 Å². The van der Waals surface area contributed by atoms with Crippen molar-refractivity contribution in [3.63, 3.8) is 0 Å². The molecular weight excluding hydrogens is 359 g/mol. The summed E-state index contributed by atoms with van der Waals surface area (Å²) in [6, 6.07) is 9.52. The first-order valence-corrected chi connectivity index (χ1v) is 8.85. The van der Waals surface area contributed by atoms with Crippen LogP contribution in [0.5, 0.6) is 0 Å². The second kappa shape index (κ2) is 7.12. The average molecular weight is 375 g/mol. The molecule has 1 fully saturated rings. The molecule has 5 nitrogen and oxygen atoms in total. The van der Waals surface area contributed by atoms with Gasteiger partial charge >= 0.3 is 0 Å². The van der Waals surface area contributed by atoms with Crippen LogP contribution in [-0.2, 0) is 6.54 Å². The molecule has 1 aliphatic rings. The highest BCUT2D eigenvalue weighted by Gasteiger charge is 2.28. The molecule has 0 unspecified atom stereocenters. The second-order valence-corrected chi connectivity index (χ2v) is 6.98. The molecule has 0 aliphatic carbocycles. The van der Waals surface area contributed by atoms with E-state index in [0.29, 0.717) is 21.8 Å². The molecule has 0 radical (unpaired) electrons. The van der Waals surface area contributed by atoms with E-state index in [0.717, 1.165) is 37.2 Å². The number of benzene rings is 1. The Kier molecular flexibility index (Phi) is 4.70. The first-order valence-electron chi connectivity index (χ1n) is 8.09. The zero-order valence-electron chi connectivity index (χ0n) is 13.4. The Bertz CT molecular complexity index is 869. The van der Waals surface area contributed by atoms with Crippen molar-refractivity contribution in [2.45, 2.75) is 18.9 Å². The maximum Gasteiger partial charge on any atom is 0.231 e. The van der Waals surface area contributed by atoms with E-state index in [-0.39, 0.29) is 5.92 Å². The lowest BCUT2D eigenvalue weighted by molar-refractivity contribution is 0.309. The Labute approximate surface area is 155 Å². The van der Waals surface area contributed by atoms with Crippen molar-refractivity contribution in [3.8, 4) is 11.4 Å². The molecule has 3 aromatic rings. The maximum atomic E-state index is 6.10. The van der Waals surface area contributed by atoms with Gasteiger partial charge in [0, 0.05) is 31.0 Å². The molecule has 7 heteroatoms. The van der Waals surface area contributed by atoms with Gasteiger partial charge < -0.3 is 4.52 Å². The number of likely N-dealkylation sites (tertiary alicyclic amines) is 1. The molecule has 3 heterocycles. The number of hydrogen-bond acceptors (Lipinski definition) is 5. The molecule has 25 heavy (non-hydrogen) atoms. The minimum absolute atomic E-state index is 0.255. The summed E-state index contributed by atoms with van der Waals surface area (Å²) in [6.07, 6.45) is 4.44. The maximum absolute atomic E-state index is 6.10. The summed E-state index contributed by atoms with van der Waals surface area (Å²) in [4.78, 5) is 10.9. The molecule has 1 atom stereocenters. The summed E-state index contributed by atoms with van der Waals surface area (Å²) in [5.74, 6) is 1.56. The van der Waals surface area contributed by atoms with Gasteiger partial charge in [0.05, 0.1) is 16.0 Å². The number of hydrogen-bond donors (Lipinski definition) is 0. The Morgan fingerprint density at radius 1 is 1.12 bits per heavy atom. The Morgan fingerprint density at radius 2 is 1.96 bits per heavy atom. The van der Waals surface area contributed by atoms with Crippen molar-refractivity contribution in [1.29, 1.82) is 0 Å². The van der Waals surface area contributed by atoms with Crippen LogP contribution in [0, 0.1) is 0 Å². The Hall–Kier alpha value is -1.95. The number of rotatable bonds is 4. The van der Waals surface area contributed by atoms with Gasteiger partial charge in [0.25, 0.3) is 0 Å². The third kappa shape index (κ3) is 3.68. The summed E-state index contributed by atoms with van der Waals surface area (Å²) in [7, 11) is 0. The van der Waals surface area contributed by atoms with E-state index >= 15 is 0 Å². The van der Waals surface area contributed by atoms with Gasteiger partial charge in [-0.05, 0) is 42.8 Å². The fourth-order valence-corrected chi connectivity index (χ4v) is 3.41. The molecule has 128 valence electrons. The Balaban J connectivity index is 1.42. The first kappa shape index (κ1) is 16.5. The van der Waals surface area contributed by atoms with Crippen LogP contribution < -0.4 is 0 Å². The van der Waals surface area contributed by atoms with Crippen molar-refractivity contribution < 1.29 is 4.52 Å². The molecule has 2 aromatic heterocycles. The largest absolute Gasteiger partial charge is 0.339 e. The highest BCUT2D eigenvalue weighted by atomic mass is 35.5. The van der Waals surface area contributed by atoms with Crippen molar-refractivity contribution in [2.24, 2.45) is 0 Å². The highest BCUT2D eigenvalue weighted by molar-refractivity contribution is 6.42. The molecule has 0 N–H and O–H groups in total. The lowest BCUT2D eigenvalue weighted by Gasteiger charge is -2.15. The monoisotopic (exact) mass is 374 g/mol. The molecular formula is C18H16Cl2N4O. The molecule has 0 bridgehead atoms. The van der Waals surface area contributed by atoms with E-state index in [1.807, 2.05) is 30.3 Å². The number of nitrogens with zero attached hydrogens (tertiary/aromatic N) is 4. The van der Waals surface area contributed by atoms with Crippen molar-refractivity contribution in [1.82, 2.24) is 20.0 Å². The minimum atomic E-state index is 0.255. The number of aromatic nitrogens is 3. The van der Waals surface area contributed by atoms with Crippen LogP contribution >= 0.6 is 23.2 Å². The van der Waals surface area contributed by atoms with Gasteiger partial charge in [-0.25, -0.2) is 0 Å². The van der Waals surface area contributed by atoms with Crippen LogP contribution in [0.15, 0.2) is 47.2 Å². The molecule has 0 spiro atoms. The van der Waals surface area contributed by atoms with E-state index in [1.165, 1.54) is 0 Å². The smallest absolute Gasteiger partial charge is 0.231 e. The molecule has 1 aliphatic heterocycles. The van der Waals surface area contributed by atoms with Crippen molar-refractivity contribution >= 4 is 23.2 Å². The van der Waals surface area contributed by atoms with Gasteiger partial charge in [0.15, 0.2) is 0 Å². The predicted octanol–water partition coefficient (Wildman–Crippen LogP) is 4.43. The van der Waals surface area contributed by atoms with Crippen LogP contribution in [0.4, 0.5) is 0 Å². The fraction of sp³-hybridized carbons (Fsp3) is 0.278. The number of halogens is 2. The molecule has 1 aromatic carbocycles.